The number of fused-ring (bicyclic) bond motifs is 1. The second-order valence-corrected chi connectivity index (χ2v) is 4.00. The second kappa shape index (κ2) is 3.70. The van der Waals surface area contributed by atoms with Crippen molar-refractivity contribution in [2.75, 3.05) is 0 Å². The quantitative estimate of drug-likeness (QED) is 0.797. The Balaban J connectivity index is 2.88. The highest BCUT2D eigenvalue weighted by atomic mass is 15.0. The normalized spacial score (nSPS) is 11.2. The van der Waals surface area contributed by atoms with Crippen molar-refractivity contribution in [1.82, 2.24) is 4.57 Å². The second-order valence-electron chi connectivity index (χ2n) is 4.00. The Morgan fingerprint density at radius 1 is 1.33 bits per heavy atom. The van der Waals surface area contributed by atoms with Crippen molar-refractivity contribution in [3.8, 4) is 0 Å². The van der Waals surface area contributed by atoms with Crippen LogP contribution in [0.2, 0.25) is 0 Å². The van der Waals surface area contributed by atoms with Crippen LogP contribution in [0.25, 0.3) is 10.9 Å². The lowest BCUT2D eigenvalue weighted by molar-refractivity contribution is 0.836. The molecule has 0 spiro atoms. The topological polar surface area (TPSA) is 30.9 Å². The Morgan fingerprint density at radius 2 is 2.07 bits per heavy atom. The van der Waals surface area contributed by atoms with E-state index in [0.29, 0.717) is 6.54 Å². The minimum atomic E-state index is 0.611. The van der Waals surface area contributed by atoms with Gasteiger partial charge in [0.25, 0.3) is 0 Å². The van der Waals surface area contributed by atoms with E-state index in [0.717, 1.165) is 6.42 Å². The number of aromatic nitrogens is 1. The monoisotopic (exact) mass is 202 g/mol. The van der Waals surface area contributed by atoms with E-state index in [1.54, 1.807) is 0 Å². The lowest BCUT2D eigenvalue weighted by Gasteiger charge is -2.05. The predicted molar refractivity (Wildman–Crippen MR) is 64.9 cm³/mol. The highest BCUT2D eigenvalue weighted by Crippen LogP contribution is 2.27. The fourth-order valence-electron chi connectivity index (χ4n) is 2.41. The Hall–Kier alpha value is -1.28. The van der Waals surface area contributed by atoms with Crippen LogP contribution in [0, 0.1) is 6.92 Å². The number of nitrogens with two attached hydrogens (primary N) is 1. The molecule has 0 amide bonds. The van der Waals surface area contributed by atoms with Crippen LogP contribution < -0.4 is 5.73 Å². The first-order valence-electron chi connectivity index (χ1n) is 5.46. The van der Waals surface area contributed by atoms with Crippen LogP contribution in [0.1, 0.15) is 23.7 Å². The number of nitrogens with zero attached hydrogens (tertiary/aromatic N) is 1. The lowest BCUT2D eigenvalue weighted by Crippen LogP contribution is -2.04. The summed E-state index contributed by atoms with van der Waals surface area (Å²) in [5.41, 5.74) is 11.1. The van der Waals surface area contributed by atoms with Crippen molar-refractivity contribution in [3.63, 3.8) is 0 Å². The standard InChI is InChI=1S/C13H18N2/c1-4-10-6-5-7-11-9(2)12(8-14)15(3)13(10)11/h5-7H,4,8,14H2,1-3H3. The average Bonchev–Trinajstić information content (AvgIpc) is 2.51. The lowest BCUT2D eigenvalue weighted by atomic mass is 10.1. The molecule has 15 heavy (non-hydrogen) atoms. The van der Waals surface area contributed by atoms with Gasteiger partial charge in [-0.25, -0.2) is 0 Å². The van der Waals surface area contributed by atoms with Crippen molar-refractivity contribution >= 4 is 10.9 Å². The molecule has 0 bridgehead atoms. The molecule has 2 nitrogen and oxygen atoms in total. The van der Waals surface area contributed by atoms with Crippen LogP contribution in [0.4, 0.5) is 0 Å². The molecule has 80 valence electrons. The first kappa shape index (κ1) is 10.2. The molecule has 0 radical (unpaired) electrons. The molecular weight excluding hydrogens is 184 g/mol. The average molecular weight is 202 g/mol. The Morgan fingerprint density at radius 3 is 2.67 bits per heavy atom. The molecule has 1 aromatic carbocycles. The van der Waals surface area contributed by atoms with Crippen LogP contribution in [-0.4, -0.2) is 4.57 Å². The molecule has 2 N–H and O–H groups in total. The van der Waals surface area contributed by atoms with E-state index in [-0.39, 0.29) is 0 Å². The zero-order chi connectivity index (χ0) is 11.0. The SMILES string of the molecule is CCc1cccc2c(C)c(CN)n(C)c12. The molecule has 0 unspecified atom stereocenters. The van der Waals surface area contributed by atoms with Gasteiger partial charge in [-0.15, -0.1) is 0 Å². The first-order chi connectivity index (χ1) is 7.20. The number of para-hydroxylation sites is 1. The predicted octanol–water partition coefficient (Wildman–Crippen LogP) is 2.51. The van der Waals surface area contributed by atoms with Crippen LogP contribution in [0.15, 0.2) is 18.2 Å². The van der Waals surface area contributed by atoms with Crippen molar-refractivity contribution in [2.24, 2.45) is 12.8 Å². The number of hydrogen-bond acceptors (Lipinski definition) is 1. The molecule has 0 aliphatic heterocycles. The molecular formula is C13H18N2. The van der Waals surface area contributed by atoms with Gasteiger partial charge in [0.05, 0.1) is 5.52 Å². The molecule has 0 saturated carbocycles. The van der Waals surface area contributed by atoms with E-state index in [4.69, 9.17) is 5.73 Å². The van der Waals surface area contributed by atoms with Crippen molar-refractivity contribution in [2.45, 2.75) is 26.8 Å². The summed E-state index contributed by atoms with van der Waals surface area (Å²) < 4.78 is 2.24. The molecule has 2 heteroatoms. The maximum atomic E-state index is 5.79. The molecule has 1 aromatic heterocycles. The van der Waals surface area contributed by atoms with E-state index in [1.807, 2.05) is 0 Å². The summed E-state index contributed by atoms with van der Waals surface area (Å²) in [6.07, 6.45) is 1.07. The largest absolute Gasteiger partial charge is 0.346 e. The molecule has 1 heterocycles. The summed E-state index contributed by atoms with van der Waals surface area (Å²) in [6, 6.07) is 6.51. The minimum absolute atomic E-state index is 0.611. The van der Waals surface area contributed by atoms with Crippen molar-refractivity contribution in [1.29, 1.82) is 0 Å². The number of aryl methyl sites for hydroxylation is 3. The van der Waals surface area contributed by atoms with Gasteiger partial charge in [0.2, 0.25) is 0 Å². The maximum absolute atomic E-state index is 5.79. The van der Waals surface area contributed by atoms with E-state index in [2.05, 4.69) is 43.7 Å². The van der Waals surface area contributed by atoms with Gasteiger partial charge in [0.15, 0.2) is 0 Å². The van der Waals surface area contributed by atoms with Crippen LogP contribution >= 0.6 is 0 Å². The van der Waals surface area contributed by atoms with E-state index < -0.39 is 0 Å². The summed E-state index contributed by atoms with van der Waals surface area (Å²) in [5, 5.41) is 1.34. The van der Waals surface area contributed by atoms with Crippen molar-refractivity contribution in [3.05, 3.63) is 35.0 Å². The summed E-state index contributed by atoms with van der Waals surface area (Å²) in [6.45, 7) is 4.96. The minimum Gasteiger partial charge on any atom is -0.346 e. The fraction of sp³-hybridized carbons (Fsp3) is 0.385. The summed E-state index contributed by atoms with van der Waals surface area (Å²) in [7, 11) is 2.11. The number of benzene rings is 1. The van der Waals surface area contributed by atoms with Gasteiger partial charge < -0.3 is 10.3 Å². The zero-order valence-corrected chi connectivity index (χ0v) is 9.67. The molecule has 0 saturated heterocycles. The highest BCUT2D eigenvalue weighted by molar-refractivity contribution is 5.88. The van der Waals surface area contributed by atoms with Gasteiger partial charge in [0.1, 0.15) is 0 Å². The molecule has 0 fully saturated rings. The smallest absolute Gasteiger partial charge is 0.0515 e. The highest BCUT2D eigenvalue weighted by Gasteiger charge is 2.11. The van der Waals surface area contributed by atoms with E-state index in [1.165, 1.54) is 27.7 Å². The number of hydrogen-bond donors (Lipinski definition) is 1. The molecule has 2 aromatic rings. The zero-order valence-electron chi connectivity index (χ0n) is 9.67. The molecule has 2 rings (SSSR count). The van der Waals surface area contributed by atoms with E-state index >= 15 is 0 Å². The Kier molecular flexibility index (Phi) is 2.53. The fourth-order valence-corrected chi connectivity index (χ4v) is 2.41. The van der Waals surface area contributed by atoms with Gasteiger partial charge in [-0.3, -0.25) is 0 Å². The van der Waals surface area contributed by atoms with Crippen LogP contribution in [0.5, 0.6) is 0 Å². The third kappa shape index (κ3) is 1.37. The van der Waals surface area contributed by atoms with Gasteiger partial charge in [-0.05, 0) is 24.5 Å². The van der Waals surface area contributed by atoms with Gasteiger partial charge >= 0.3 is 0 Å². The third-order valence-corrected chi connectivity index (χ3v) is 3.27. The van der Waals surface area contributed by atoms with E-state index in [9.17, 15) is 0 Å². The molecule has 0 atom stereocenters. The Bertz CT molecular complexity index is 495. The molecule has 0 aliphatic rings. The Labute approximate surface area is 90.7 Å². The van der Waals surface area contributed by atoms with Crippen molar-refractivity contribution < 1.29 is 0 Å². The van der Waals surface area contributed by atoms with Crippen LogP contribution in [-0.2, 0) is 20.0 Å². The van der Waals surface area contributed by atoms with Gasteiger partial charge in [-0.1, -0.05) is 25.1 Å². The van der Waals surface area contributed by atoms with Gasteiger partial charge in [0, 0.05) is 24.7 Å². The summed E-state index contributed by atoms with van der Waals surface area (Å²) in [4.78, 5) is 0. The van der Waals surface area contributed by atoms with Crippen LogP contribution in [0.3, 0.4) is 0 Å². The van der Waals surface area contributed by atoms with Gasteiger partial charge in [-0.2, -0.15) is 0 Å². The number of rotatable bonds is 2. The summed E-state index contributed by atoms with van der Waals surface area (Å²) >= 11 is 0. The summed E-state index contributed by atoms with van der Waals surface area (Å²) in [5.74, 6) is 0. The first-order valence-corrected chi connectivity index (χ1v) is 5.46. The molecule has 0 aliphatic carbocycles. The third-order valence-electron chi connectivity index (χ3n) is 3.27. The maximum Gasteiger partial charge on any atom is 0.0515 e.